The van der Waals surface area contributed by atoms with E-state index in [1.807, 2.05) is 24.3 Å². The van der Waals surface area contributed by atoms with Crippen molar-refractivity contribution in [3.05, 3.63) is 47.7 Å². The van der Waals surface area contributed by atoms with Gasteiger partial charge in [-0.05, 0) is 73.2 Å². The third kappa shape index (κ3) is 4.19. The molecule has 0 radical (unpaired) electrons. The molecule has 6 heterocycles. The monoisotopic (exact) mass is 560 g/mol. The molecule has 8 nitrogen and oxygen atoms in total. The van der Waals surface area contributed by atoms with Gasteiger partial charge in [-0.15, -0.1) is 0 Å². The summed E-state index contributed by atoms with van der Waals surface area (Å²) in [5.41, 5.74) is 2.33. The number of nitrogens with zero attached hydrogens (tertiary/aromatic N) is 4. The number of fused-ring (bicyclic) bond motifs is 5. The van der Waals surface area contributed by atoms with Crippen LogP contribution in [0.1, 0.15) is 43.4 Å². The quantitative estimate of drug-likeness (QED) is 0.395. The second-order valence-electron chi connectivity index (χ2n) is 11.9. The van der Waals surface area contributed by atoms with Gasteiger partial charge >= 0.3 is 6.01 Å². The Bertz CT molecular complexity index is 1510. The van der Waals surface area contributed by atoms with Gasteiger partial charge in [0.25, 0.3) is 0 Å². The van der Waals surface area contributed by atoms with E-state index in [0.29, 0.717) is 37.7 Å². The number of hydrogen-bond donors (Lipinski definition) is 3. The highest BCUT2D eigenvalue weighted by Crippen LogP contribution is 2.43. The van der Waals surface area contributed by atoms with Crippen molar-refractivity contribution >= 4 is 40.3 Å². The van der Waals surface area contributed by atoms with Gasteiger partial charge in [0, 0.05) is 43.7 Å². The summed E-state index contributed by atoms with van der Waals surface area (Å²) in [4.78, 5) is 15.5. The van der Waals surface area contributed by atoms with Gasteiger partial charge in [0.1, 0.15) is 18.5 Å². The number of benzene rings is 2. The molecule has 0 amide bonds. The molecule has 4 saturated heterocycles. The van der Waals surface area contributed by atoms with Crippen LogP contribution in [0.25, 0.3) is 22.5 Å². The van der Waals surface area contributed by atoms with Crippen molar-refractivity contribution in [2.75, 3.05) is 37.7 Å². The van der Waals surface area contributed by atoms with Gasteiger partial charge in [-0.3, -0.25) is 4.90 Å². The van der Waals surface area contributed by atoms with Crippen LogP contribution in [0.2, 0.25) is 0 Å². The Labute approximate surface area is 237 Å². The van der Waals surface area contributed by atoms with E-state index in [4.69, 9.17) is 14.7 Å². The molecule has 3 unspecified atom stereocenters. The molecule has 3 aromatic rings. The molecule has 2 aromatic carbocycles. The summed E-state index contributed by atoms with van der Waals surface area (Å²) in [6.45, 7) is 3.62. The zero-order valence-corrected chi connectivity index (χ0v) is 23.1. The summed E-state index contributed by atoms with van der Waals surface area (Å²) < 4.78 is 24.3. The fourth-order valence-electron chi connectivity index (χ4n) is 7.45. The number of phenolic OH excluding ortho intramolecular Hbond substituents is 1. The molecule has 10 heteroatoms. The molecular formula is C30H33FN6O2S. The lowest BCUT2D eigenvalue weighted by Gasteiger charge is -2.35. The predicted octanol–water partition coefficient (Wildman–Crippen LogP) is 4.34. The van der Waals surface area contributed by atoms with Crippen molar-refractivity contribution in [1.29, 1.82) is 0 Å². The second kappa shape index (κ2) is 9.49. The van der Waals surface area contributed by atoms with Gasteiger partial charge in [-0.1, -0.05) is 24.3 Å². The maximum absolute atomic E-state index is 14.4. The summed E-state index contributed by atoms with van der Waals surface area (Å²) in [6.07, 6.45) is 6.13. The number of phenols is 1. The lowest BCUT2D eigenvalue weighted by atomic mass is 9.95. The lowest BCUT2D eigenvalue weighted by molar-refractivity contribution is 0.107. The number of anilines is 1. The highest BCUT2D eigenvalue weighted by Gasteiger charge is 2.49. The Balaban J connectivity index is 1.18. The molecule has 40 heavy (non-hydrogen) atoms. The van der Waals surface area contributed by atoms with E-state index in [0.717, 1.165) is 70.9 Å². The number of hydrogen-bond acceptors (Lipinski definition) is 9. The van der Waals surface area contributed by atoms with Crippen molar-refractivity contribution in [1.82, 2.24) is 24.9 Å². The molecule has 8 rings (SSSR count). The van der Waals surface area contributed by atoms with Crippen LogP contribution >= 0.6 is 11.9 Å². The van der Waals surface area contributed by atoms with E-state index in [1.54, 1.807) is 12.1 Å². The van der Waals surface area contributed by atoms with E-state index >= 15 is 0 Å². The Morgan fingerprint density at radius 3 is 2.85 bits per heavy atom. The maximum atomic E-state index is 14.4. The van der Waals surface area contributed by atoms with Crippen LogP contribution in [0.4, 0.5) is 10.2 Å². The van der Waals surface area contributed by atoms with E-state index in [-0.39, 0.29) is 11.3 Å². The fraction of sp³-hybridized carbons (Fsp3) is 0.467. The SMILES string of the molecule is Oc1cc(C2=Cc3nc(OC[C@@]45CCCN4CC(F)C5)nc(N4CC5CCC(C4)N5)c3SN2)c2ccccc2c1. The first-order chi connectivity index (χ1) is 19.5. The molecular weight excluding hydrogens is 527 g/mol. The molecule has 0 saturated carbocycles. The first kappa shape index (κ1) is 24.7. The van der Waals surface area contributed by atoms with E-state index < -0.39 is 6.17 Å². The predicted molar refractivity (Wildman–Crippen MR) is 155 cm³/mol. The molecule has 0 spiro atoms. The number of ether oxygens (including phenoxy) is 1. The van der Waals surface area contributed by atoms with Crippen LogP contribution in [0.5, 0.6) is 11.8 Å². The van der Waals surface area contributed by atoms with Crippen molar-refractivity contribution < 1.29 is 14.2 Å². The van der Waals surface area contributed by atoms with Crippen molar-refractivity contribution in [2.24, 2.45) is 0 Å². The lowest BCUT2D eigenvalue weighted by Crippen LogP contribution is -2.51. The minimum Gasteiger partial charge on any atom is -0.508 e. The first-order valence-electron chi connectivity index (χ1n) is 14.3. The molecule has 3 N–H and O–H groups in total. The number of piperazine rings is 1. The normalized spacial score (nSPS) is 29.3. The van der Waals surface area contributed by atoms with Crippen LogP contribution in [-0.4, -0.2) is 76.6 Å². The fourth-order valence-corrected chi connectivity index (χ4v) is 8.31. The largest absolute Gasteiger partial charge is 0.508 e. The summed E-state index contributed by atoms with van der Waals surface area (Å²) >= 11 is 1.52. The summed E-state index contributed by atoms with van der Waals surface area (Å²) in [6, 6.07) is 12.9. The van der Waals surface area contributed by atoms with Crippen LogP contribution < -0.4 is 19.7 Å². The zero-order chi connectivity index (χ0) is 26.8. The van der Waals surface area contributed by atoms with Crippen LogP contribution in [-0.2, 0) is 0 Å². The van der Waals surface area contributed by atoms with Gasteiger partial charge in [0.05, 0.1) is 21.8 Å². The Morgan fingerprint density at radius 2 is 1.98 bits per heavy atom. The van der Waals surface area contributed by atoms with Crippen LogP contribution in [0.15, 0.2) is 41.3 Å². The smallest absolute Gasteiger partial charge is 0.319 e. The second-order valence-corrected chi connectivity index (χ2v) is 12.7. The van der Waals surface area contributed by atoms with Crippen molar-refractivity contribution in [2.45, 2.75) is 60.8 Å². The molecule has 4 atom stereocenters. The molecule has 4 fully saturated rings. The summed E-state index contributed by atoms with van der Waals surface area (Å²) in [5, 5.41) is 16.2. The van der Waals surface area contributed by atoms with Crippen molar-refractivity contribution in [3.63, 3.8) is 0 Å². The van der Waals surface area contributed by atoms with Gasteiger partial charge in [-0.2, -0.15) is 9.97 Å². The number of aromatic hydroxyl groups is 1. The molecule has 5 aliphatic rings. The minimum atomic E-state index is -0.801. The maximum Gasteiger partial charge on any atom is 0.319 e. The molecule has 2 bridgehead atoms. The van der Waals surface area contributed by atoms with Gasteiger partial charge < -0.3 is 24.8 Å². The standard InChI is InChI=1S/C30H33FN6O2S/c31-19-13-30(8-3-9-37(30)14-19)17-39-29-33-26-12-25(24-11-22(38)10-18-4-1-2-5-23(18)24)35-40-27(26)28(34-29)36-15-20-6-7-21(16-36)32-20/h1-2,4-5,10-12,19-21,32,35,38H,3,6-9,13-17H2/t19?,20?,21?,30-/m0/s1. The number of nitrogens with one attached hydrogen (secondary N) is 2. The molecule has 5 aliphatic heterocycles. The third-order valence-corrected chi connectivity index (χ3v) is 10.2. The molecule has 1 aromatic heterocycles. The minimum absolute atomic E-state index is 0.221. The van der Waals surface area contributed by atoms with Gasteiger partial charge in [0.15, 0.2) is 5.82 Å². The average Bonchev–Trinajstić information content (AvgIpc) is 3.60. The highest BCUT2D eigenvalue weighted by molar-refractivity contribution is 7.98. The number of rotatable bonds is 5. The first-order valence-corrected chi connectivity index (χ1v) is 15.2. The number of aromatic nitrogens is 2. The summed E-state index contributed by atoms with van der Waals surface area (Å²) in [5.74, 6) is 1.11. The Hall–Kier alpha value is -3.08. The van der Waals surface area contributed by atoms with Crippen molar-refractivity contribution in [3.8, 4) is 11.8 Å². The van der Waals surface area contributed by atoms with Crippen LogP contribution in [0.3, 0.4) is 0 Å². The van der Waals surface area contributed by atoms with E-state index in [1.165, 1.54) is 24.8 Å². The Morgan fingerprint density at radius 1 is 1.12 bits per heavy atom. The molecule has 0 aliphatic carbocycles. The van der Waals surface area contributed by atoms with Gasteiger partial charge in [0.2, 0.25) is 0 Å². The number of alkyl halides is 1. The van der Waals surface area contributed by atoms with E-state index in [9.17, 15) is 9.50 Å². The summed E-state index contributed by atoms with van der Waals surface area (Å²) in [7, 11) is 0. The average molecular weight is 561 g/mol. The third-order valence-electron chi connectivity index (χ3n) is 9.28. The zero-order valence-electron chi connectivity index (χ0n) is 22.3. The topological polar surface area (TPSA) is 85.8 Å². The van der Waals surface area contributed by atoms with E-state index in [2.05, 4.69) is 25.9 Å². The highest BCUT2D eigenvalue weighted by atomic mass is 32.2. The Kier molecular flexibility index (Phi) is 5.86. The van der Waals surface area contributed by atoms with Gasteiger partial charge in [-0.25, -0.2) is 4.39 Å². The number of halogens is 1. The molecule has 208 valence electrons. The van der Waals surface area contributed by atoms with Crippen LogP contribution in [0, 0.1) is 0 Å².